The molecule has 4 rings (SSSR count). The number of hydrogen-bond donors (Lipinski definition) is 1. The molecule has 1 N–H and O–H groups in total. The minimum absolute atomic E-state index is 0.0852. The maximum absolute atomic E-state index is 12.7. The van der Waals surface area contributed by atoms with Gasteiger partial charge in [-0.15, -0.1) is 5.10 Å². The Bertz CT molecular complexity index is 1050. The van der Waals surface area contributed by atoms with Crippen molar-refractivity contribution in [3.05, 3.63) is 75.4 Å². The molecule has 2 heterocycles. The van der Waals surface area contributed by atoms with E-state index < -0.39 is 0 Å². The number of halogens is 1. The van der Waals surface area contributed by atoms with Crippen LogP contribution >= 0.6 is 11.6 Å². The molecule has 7 nitrogen and oxygen atoms in total. The first-order valence-electron chi connectivity index (χ1n) is 9.03. The summed E-state index contributed by atoms with van der Waals surface area (Å²) in [6.07, 6.45) is 0. The molecule has 0 spiro atoms. The molecule has 1 amide bonds. The van der Waals surface area contributed by atoms with E-state index in [1.54, 1.807) is 28.8 Å². The van der Waals surface area contributed by atoms with E-state index in [0.29, 0.717) is 23.8 Å². The van der Waals surface area contributed by atoms with Crippen molar-refractivity contribution in [2.75, 3.05) is 11.9 Å². The molecule has 0 saturated heterocycles. The Hall–Kier alpha value is -2.90. The van der Waals surface area contributed by atoms with Crippen LogP contribution in [0.4, 0.5) is 5.69 Å². The number of nitrogens with zero attached hydrogens (tertiary/aromatic N) is 4. The predicted molar refractivity (Wildman–Crippen MR) is 108 cm³/mol. The second-order valence-corrected chi connectivity index (χ2v) is 7.26. The Balaban J connectivity index is 1.49. The Morgan fingerprint density at radius 3 is 2.50 bits per heavy atom. The van der Waals surface area contributed by atoms with Crippen molar-refractivity contribution in [3.63, 3.8) is 0 Å². The van der Waals surface area contributed by atoms with Gasteiger partial charge in [-0.05, 0) is 42.0 Å². The van der Waals surface area contributed by atoms with Gasteiger partial charge in [-0.3, -0.25) is 14.3 Å². The zero-order valence-electron chi connectivity index (χ0n) is 15.4. The first-order valence-corrected chi connectivity index (χ1v) is 9.41. The first kappa shape index (κ1) is 18.5. The van der Waals surface area contributed by atoms with Gasteiger partial charge in [0, 0.05) is 37.3 Å². The molecule has 3 aromatic rings. The van der Waals surface area contributed by atoms with E-state index >= 15 is 0 Å². The Labute approximate surface area is 167 Å². The van der Waals surface area contributed by atoms with Crippen molar-refractivity contribution in [2.24, 2.45) is 0 Å². The summed E-state index contributed by atoms with van der Waals surface area (Å²) >= 11 is 5.93. The number of rotatable bonds is 4. The second-order valence-electron chi connectivity index (χ2n) is 6.83. The van der Waals surface area contributed by atoms with Crippen LogP contribution in [-0.4, -0.2) is 31.7 Å². The molecule has 1 aliphatic heterocycles. The third-order valence-corrected chi connectivity index (χ3v) is 4.95. The van der Waals surface area contributed by atoms with Crippen LogP contribution in [0, 0.1) is 0 Å². The first-order chi connectivity index (χ1) is 13.5. The highest BCUT2D eigenvalue weighted by atomic mass is 35.5. The lowest BCUT2D eigenvalue weighted by Gasteiger charge is -2.26. The van der Waals surface area contributed by atoms with Crippen molar-refractivity contribution in [3.8, 4) is 5.69 Å². The van der Waals surface area contributed by atoms with Gasteiger partial charge >= 0.3 is 5.69 Å². The van der Waals surface area contributed by atoms with Gasteiger partial charge in [-0.1, -0.05) is 23.7 Å². The average Bonchev–Trinajstić information content (AvgIpc) is 3.00. The lowest BCUT2D eigenvalue weighted by Crippen LogP contribution is -2.37. The van der Waals surface area contributed by atoms with Gasteiger partial charge in [0.2, 0.25) is 5.91 Å². The molecule has 144 valence electrons. The number of nitrogens with one attached hydrogen (secondary N) is 1. The van der Waals surface area contributed by atoms with E-state index in [1.165, 1.54) is 11.6 Å². The van der Waals surface area contributed by atoms with Crippen molar-refractivity contribution in [2.45, 2.75) is 26.6 Å². The van der Waals surface area contributed by atoms with Crippen LogP contribution < -0.4 is 11.0 Å². The molecule has 0 unspecified atom stereocenters. The summed E-state index contributed by atoms with van der Waals surface area (Å²) in [5.74, 6) is 0.666. The van der Waals surface area contributed by atoms with Gasteiger partial charge in [-0.25, -0.2) is 4.79 Å². The Morgan fingerprint density at radius 1 is 1.11 bits per heavy atom. The topological polar surface area (TPSA) is 72.2 Å². The van der Waals surface area contributed by atoms with Gasteiger partial charge in [-0.2, -0.15) is 4.68 Å². The molecule has 1 aliphatic rings. The smallest absolute Gasteiger partial charge is 0.326 e. The van der Waals surface area contributed by atoms with Crippen LogP contribution in [-0.2, 0) is 24.4 Å². The van der Waals surface area contributed by atoms with Crippen LogP contribution in [0.3, 0.4) is 0 Å². The second kappa shape index (κ2) is 7.61. The third-order valence-electron chi connectivity index (χ3n) is 4.70. The van der Waals surface area contributed by atoms with Gasteiger partial charge in [0.1, 0.15) is 5.82 Å². The minimum Gasteiger partial charge on any atom is -0.326 e. The SMILES string of the molecule is CC(=O)Nc1ccc(CN2CCn3c(nn(-c4ccc(Cl)cc4)c3=O)C2)cc1. The fourth-order valence-electron chi connectivity index (χ4n) is 3.34. The van der Waals surface area contributed by atoms with Crippen LogP contribution in [0.5, 0.6) is 0 Å². The standard InChI is InChI=1S/C20H20ClN5O2/c1-14(27)22-17-6-2-15(3-7-17)12-24-10-11-25-19(13-24)23-26(20(25)28)18-8-4-16(21)5-9-18/h2-9H,10-13H2,1H3,(H,22,27). The summed E-state index contributed by atoms with van der Waals surface area (Å²) in [4.78, 5) is 26.0. The number of anilines is 1. The monoisotopic (exact) mass is 397 g/mol. The summed E-state index contributed by atoms with van der Waals surface area (Å²) in [6, 6.07) is 14.9. The molecule has 0 saturated carbocycles. The van der Waals surface area contributed by atoms with E-state index in [4.69, 9.17) is 11.6 Å². The molecular formula is C20H20ClN5O2. The number of benzene rings is 2. The average molecular weight is 398 g/mol. The molecule has 1 aromatic heterocycles. The Kier molecular flexibility index (Phi) is 5.02. The lowest BCUT2D eigenvalue weighted by atomic mass is 10.2. The number of carbonyl (C=O) groups is 1. The summed E-state index contributed by atoms with van der Waals surface area (Å²) in [7, 11) is 0. The fraction of sp³-hybridized carbons (Fsp3) is 0.250. The molecule has 0 aliphatic carbocycles. The highest BCUT2D eigenvalue weighted by molar-refractivity contribution is 6.30. The van der Waals surface area contributed by atoms with Gasteiger partial charge in [0.15, 0.2) is 0 Å². The summed E-state index contributed by atoms with van der Waals surface area (Å²) < 4.78 is 3.16. The number of aromatic nitrogens is 3. The molecule has 0 bridgehead atoms. The van der Waals surface area contributed by atoms with E-state index in [2.05, 4.69) is 15.3 Å². The molecule has 0 fully saturated rings. The number of carbonyl (C=O) groups excluding carboxylic acids is 1. The number of hydrogen-bond acceptors (Lipinski definition) is 4. The third kappa shape index (κ3) is 3.85. The van der Waals surface area contributed by atoms with Gasteiger partial charge in [0.05, 0.1) is 12.2 Å². The normalized spacial score (nSPS) is 13.9. The molecule has 2 aromatic carbocycles. The zero-order valence-corrected chi connectivity index (χ0v) is 16.2. The molecular weight excluding hydrogens is 378 g/mol. The van der Waals surface area contributed by atoms with Crippen LogP contribution in [0.25, 0.3) is 5.69 Å². The van der Waals surface area contributed by atoms with Crippen molar-refractivity contribution in [1.29, 1.82) is 0 Å². The van der Waals surface area contributed by atoms with Crippen molar-refractivity contribution >= 4 is 23.2 Å². The summed E-state index contributed by atoms with van der Waals surface area (Å²) in [5, 5.41) is 7.91. The molecule has 0 radical (unpaired) electrons. The quantitative estimate of drug-likeness (QED) is 0.734. The van der Waals surface area contributed by atoms with E-state index in [-0.39, 0.29) is 11.6 Å². The van der Waals surface area contributed by atoms with Gasteiger partial charge < -0.3 is 5.32 Å². The maximum Gasteiger partial charge on any atom is 0.350 e. The van der Waals surface area contributed by atoms with Crippen LogP contribution in [0.1, 0.15) is 18.3 Å². The predicted octanol–water partition coefficient (Wildman–Crippen LogP) is 2.66. The van der Waals surface area contributed by atoms with E-state index in [0.717, 1.165) is 30.2 Å². The summed E-state index contributed by atoms with van der Waals surface area (Å²) in [6.45, 7) is 4.22. The lowest BCUT2D eigenvalue weighted by molar-refractivity contribution is -0.114. The highest BCUT2D eigenvalue weighted by Gasteiger charge is 2.22. The van der Waals surface area contributed by atoms with Crippen molar-refractivity contribution in [1.82, 2.24) is 19.2 Å². The van der Waals surface area contributed by atoms with Crippen LogP contribution in [0.2, 0.25) is 5.02 Å². The Morgan fingerprint density at radius 2 is 1.82 bits per heavy atom. The summed E-state index contributed by atoms with van der Waals surface area (Å²) in [5.41, 5.74) is 2.50. The largest absolute Gasteiger partial charge is 0.350 e. The van der Waals surface area contributed by atoms with E-state index in [1.807, 2.05) is 24.3 Å². The zero-order chi connectivity index (χ0) is 19.7. The van der Waals surface area contributed by atoms with E-state index in [9.17, 15) is 9.59 Å². The minimum atomic E-state index is -0.128. The number of amides is 1. The van der Waals surface area contributed by atoms with Crippen molar-refractivity contribution < 1.29 is 4.79 Å². The molecule has 8 heteroatoms. The fourth-order valence-corrected chi connectivity index (χ4v) is 3.47. The molecule has 28 heavy (non-hydrogen) atoms. The number of fused-ring (bicyclic) bond motifs is 1. The van der Waals surface area contributed by atoms with Crippen LogP contribution in [0.15, 0.2) is 53.3 Å². The van der Waals surface area contributed by atoms with Gasteiger partial charge in [0.25, 0.3) is 0 Å². The highest BCUT2D eigenvalue weighted by Crippen LogP contribution is 2.17. The molecule has 0 atom stereocenters. The maximum atomic E-state index is 12.7.